The van der Waals surface area contributed by atoms with E-state index in [2.05, 4.69) is 5.32 Å². The highest BCUT2D eigenvalue weighted by Crippen LogP contribution is 2.62. The zero-order valence-corrected chi connectivity index (χ0v) is 14.9. The molecule has 0 radical (unpaired) electrons. The Balaban J connectivity index is 1.52. The lowest BCUT2D eigenvalue weighted by Gasteiger charge is -2.44. The van der Waals surface area contributed by atoms with Gasteiger partial charge in [-0.15, -0.1) is 0 Å². The Morgan fingerprint density at radius 1 is 1.16 bits per heavy atom. The number of carbonyl (C=O) groups excluding carboxylic acids is 2. The lowest BCUT2D eigenvalue weighted by molar-refractivity contribution is -0.148. The Labute approximate surface area is 149 Å². The maximum absolute atomic E-state index is 13.3. The Morgan fingerprint density at radius 2 is 1.92 bits per heavy atom. The van der Waals surface area contributed by atoms with E-state index in [-0.39, 0.29) is 17.3 Å². The van der Waals surface area contributed by atoms with Crippen molar-refractivity contribution in [1.82, 2.24) is 5.32 Å². The van der Waals surface area contributed by atoms with E-state index >= 15 is 0 Å². The van der Waals surface area contributed by atoms with Crippen LogP contribution in [0.25, 0.3) is 0 Å². The molecule has 4 nitrogen and oxygen atoms in total. The largest absolute Gasteiger partial charge is 0.467 e. The number of benzene rings is 1. The van der Waals surface area contributed by atoms with Gasteiger partial charge in [0.25, 0.3) is 0 Å². The van der Waals surface area contributed by atoms with E-state index in [1.165, 1.54) is 32.8 Å². The molecule has 3 bridgehead atoms. The Hall–Kier alpha value is -1.84. The summed E-state index contributed by atoms with van der Waals surface area (Å²) in [6.45, 7) is 0. The topological polar surface area (TPSA) is 55.4 Å². The maximum atomic E-state index is 13.3. The first-order chi connectivity index (χ1) is 12.1. The molecule has 1 N–H and O–H groups in total. The maximum Gasteiger partial charge on any atom is 0.328 e. The molecule has 0 heterocycles. The van der Waals surface area contributed by atoms with Gasteiger partial charge in [-0.05, 0) is 55.4 Å². The molecule has 0 spiro atoms. The van der Waals surface area contributed by atoms with Crippen molar-refractivity contribution in [2.75, 3.05) is 7.11 Å². The summed E-state index contributed by atoms with van der Waals surface area (Å²) >= 11 is 0. The van der Waals surface area contributed by atoms with Crippen LogP contribution in [0.15, 0.2) is 30.3 Å². The number of carbonyl (C=O) groups is 2. The van der Waals surface area contributed by atoms with E-state index in [1.54, 1.807) is 0 Å². The zero-order chi connectivity index (χ0) is 17.4. The number of ether oxygens (including phenoxy) is 1. The van der Waals surface area contributed by atoms with E-state index in [0.29, 0.717) is 24.2 Å². The molecule has 5 atom stereocenters. The number of rotatable bonds is 5. The van der Waals surface area contributed by atoms with Gasteiger partial charge < -0.3 is 10.1 Å². The minimum Gasteiger partial charge on any atom is -0.467 e. The summed E-state index contributed by atoms with van der Waals surface area (Å²) < 4.78 is 4.96. The quantitative estimate of drug-likeness (QED) is 0.837. The van der Waals surface area contributed by atoms with Gasteiger partial charge in [-0.25, -0.2) is 4.79 Å². The summed E-state index contributed by atoms with van der Waals surface area (Å²) in [5.74, 6) is 1.66. The van der Waals surface area contributed by atoms with Gasteiger partial charge in [-0.1, -0.05) is 36.8 Å². The van der Waals surface area contributed by atoms with Crippen LogP contribution in [0.1, 0.15) is 44.1 Å². The van der Waals surface area contributed by atoms with Crippen molar-refractivity contribution in [2.24, 2.45) is 23.2 Å². The van der Waals surface area contributed by atoms with Crippen molar-refractivity contribution in [1.29, 1.82) is 0 Å². The van der Waals surface area contributed by atoms with Gasteiger partial charge in [0.15, 0.2) is 0 Å². The zero-order valence-electron chi connectivity index (χ0n) is 14.9. The molecule has 25 heavy (non-hydrogen) atoms. The van der Waals surface area contributed by atoms with Crippen molar-refractivity contribution in [3.8, 4) is 0 Å². The second kappa shape index (κ2) is 6.47. The molecule has 3 aliphatic rings. The van der Waals surface area contributed by atoms with Crippen LogP contribution in [-0.2, 0) is 20.7 Å². The van der Waals surface area contributed by atoms with Crippen LogP contribution in [0.2, 0.25) is 0 Å². The fourth-order valence-electron chi connectivity index (χ4n) is 5.80. The van der Waals surface area contributed by atoms with E-state index in [1.807, 2.05) is 30.3 Å². The molecule has 4 heteroatoms. The van der Waals surface area contributed by atoms with Gasteiger partial charge in [0.1, 0.15) is 6.04 Å². The van der Waals surface area contributed by atoms with Gasteiger partial charge >= 0.3 is 5.97 Å². The van der Waals surface area contributed by atoms with E-state index in [4.69, 9.17) is 4.74 Å². The summed E-state index contributed by atoms with van der Waals surface area (Å²) in [6.07, 6.45) is 7.46. The van der Waals surface area contributed by atoms with Crippen LogP contribution in [0.5, 0.6) is 0 Å². The van der Waals surface area contributed by atoms with E-state index < -0.39 is 6.04 Å². The SMILES string of the molecule is COC(=O)[C@H](Cc1ccccc1)NC(=O)[C@]12C[C@@H]3CC[C@H]1C[C@@H](C3)C2. The minimum absolute atomic E-state index is 0.0933. The smallest absolute Gasteiger partial charge is 0.328 e. The first-order valence-electron chi connectivity index (χ1n) is 9.53. The number of esters is 1. The Morgan fingerprint density at radius 3 is 2.68 bits per heavy atom. The van der Waals surface area contributed by atoms with Crippen molar-refractivity contribution < 1.29 is 14.3 Å². The van der Waals surface area contributed by atoms with Crippen molar-refractivity contribution in [3.05, 3.63) is 35.9 Å². The first-order valence-corrected chi connectivity index (χ1v) is 9.53. The lowest BCUT2D eigenvalue weighted by Crippen LogP contribution is -2.53. The van der Waals surface area contributed by atoms with Crippen molar-refractivity contribution in [3.63, 3.8) is 0 Å². The number of hydrogen-bond acceptors (Lipinski definition) is 3. The number of amides is 1. The molecule has 134 valence electrons. The molecular formula is C21H27NO3. The van der Waals surface area contributed by atoms with Crippen LogP contribution >= 0.6 is 0 Å². The van der Waals surface area contributed by atoms with Crippen LogP contribution < -0.4 is 5.32 Å². The standard InChI is InChI=1S/C21H27NO3/c1-25-19(23)18(11-14-5-3-2-4-6-14)22-20(24)21-12-15-7-8-17(21)10-16(9-15)13-21/h2-6,15-18H,7-13H2,1H3,(H,22,24)/t15-,16-,17+,18+,21+/m1/s1. The van der Waals surface area contributed by atoms with Gasteiger partial charge in [-0.2, -0.15) is 0 Å². The number of hydrogen-bond donors (Lipinski definition) is 1. The average Bonchev–Trinajstić information content (AvgIpc) is 2.79. The normalized spacial score (nSPS) is 33.7. The van der Waals surface area contributed by atoms with Crippen LogP contribution in [0, 0.1) is 23.2 Å². The third-order valence-corrected chi connectivity index (χ3v) is 6.82. The molecule has 3 aliphatic carbocycles. The molecule has 4 rings (SSSR count). The molecule has 0 unspecified atom stereocenters. The Kier molecular flexibility index (Phi) is 4.30. The van der Waals surface area contributed by atoms with Gasteiger partial charge in [-0.3, -0.25) is 4.79 Å². The molecule has 0 aliphatic heterocycles. The third-order valence-electron chi connectivity index (χ3n) is 6.82. The van der Waals surface area contributed by atoms with Gasteiger partial charge in [0.2, 0.25) is 5.91 Å². The summed E-state index contributed by atoms with van der Waals surface area (Å²) in [4.78, 5) is 25.5. The number of methoxy groups -OCH3 is 1. The average molecular weight is 341 g/mol. The molecule has 0 saturated heterocycles. The molecule has 1 aromatic carbocycles. The summed E-state index contributed by atoms with van der Waals surface area (Å²) in [7, 11) is 1.39. The second-order valence-corrected chi connectivity index (χ2v) is 8.28. The highest BCUT2D eigenvalue weighted by atomic mass is 16.5. The molecule has 0 aromatic heterocycles. The third kappa shape index (κ3) is 2.96. The number of nitrogens with one attached hydrogen (secondary N) is 1. The monoisotopic (exact) mass is 341 g/mol. The molecule has 3 fully saturated rings. The molecule has 1 aromatic rings. The molecule has 3 saturated carbocycles. The van der Waals surface area contributed by atoms with E-state index in [0.717, 1.165) is 18.4 Å². The summed E-state index contributed by atoms with van der Waals surface area (Å²) in [5.41, 5.74) is 0.805. The number of fused-ring (bicyclic) bond motifs is 2. The first kappa shape index (κ1) is 16.6. The van der Waals surface area contributed by atoms with Crippen molar-refractivity contribution >= 4 is 11.9 Å². The van der Waals surface area contributed by atoms with Crippen LogP contribution in [0.3, 0.4) is 0 Å². The summed E-state index contributed by atoms with van der Waals surface area (Å²) in [6, 6.07) is 9.21. The van der Waals surface area contributed by atoms with Gasteiger partial charge in [0, 0.05) is 6.42 Å². The highest BCUT2D eigenvalue weighted by Gasteiger charge is 2.58. The second-order valence-electron chi connectivity index (χ2n) is 8.28. The van der Waals surface area contributed by atoms with E-state index in [9.17, 15) is 9.59 Å². The Bertz CT molecular complexity index is 658. The fourth-order valence-corrected chi connectivity index (χ4v) is 5.80. The summed E-state index contributed by atoms with van der Waals surface area (Å²) in [5, 5.41) is 3.08. The molecule has 1 amide bonds. The minimum atomic E-state index is -0.603. The predicted molar refractivity (Wildman–Crippen MR) is 94.7 cm³/mol. The van der Waals surface area contributed by atoms with Gasteiger partial charge in [0.05, 0.1) is 12.5 Å². The van der Waals surface area contributed by atoms with Crippen LogP contribution in [-0.4, -0.2) is 25.0 Å². The van der Waals surface area contributed by atoms with Crippen molar-refractivity contribution in [2.45, 2.75) is 51.0 Å². The fraction of sp³-hybridized carbons (Fsp3) is 0.619. The van der Waals surface area contributed by atoms with Crippen LogP contribution in [0.4, 0.5) is 0 Å². The predicted octanol–water partition coefficient (Wildman–Crippen LogP) is 3.10. The highest BCUT2D eigenvalue weighted by molar-refractivity contribution is 5.89. The molecular weight excluding hydrogens is 314 g/mol. The lowest BCUT2D eigenvalue weighted by atomic mass is 9.61.